The summed E-state index contributed by atoms with van der Waals surface area (Å²) in [5.41, 5.74) is 1.08. The van der Waals surface area contributed by atoms with Gasteiger partial charge in [-0.25, -0.2) is 8.42 Å². The first-order valence-electron chi connectivity index (χ1n) is 8.89. The van der Waals surface area contributed by atoms with Gasteiger partial charge in [-0.3, -0.25) is 14.1 Å². The third-order valence-corrected chi connectivity index (χ3v) is 5.96. The molecule has 0 aliphatic heterocycles. The molecule has 0 spiro atoms. The molecular weight excluding hydrogens is 390 g/mol. The average molecular weight is 411 g/mol. The van der Waals surface area contributed by atoms with Crippen LogP contribution in [-0.4, -0.2) is 33.0 Å². The summed E-state index contributed by atoms with van der Waals surface area (Å²) in [5, 5.41) is 2.71. The topological polar surface area (TPSA) is 88.6 Å². The molecule has 1 N–H and O–H groups in total. The SMILES string of the molecule is COc1ccc(S(=O)(=O)N(CC(=O)NCc2ccccn2)c2ccccc2)cc1. The van der Waals surface area contributed by atoms with E-state index in [1.807, 2.05) is 6.07 Å². The minimum atomic E-state index is -3.96. The van der Waals surface area contributed by atoms with Crippen molar-refractivity contribution >= 4 is 21.6 Å². The van der Waals surface area contributed by atoms with Crippen molar-refractivity contribution in [2.24, 2.45) is 0 Å². The van der Waals surface area contributed by atoms with Gasteiger partial charge in [0.2, 0.25) is 5.91 Å². The molecule has 0 fully saturated rings. The summed E-state index contributed by atoms with van der Waals surface area (Å²) < 4.78 is 32.6. The Morgan fingerprint density at radius 2 is 1.69 bits per heavy atom. The first-order valence-corrected chi connectivity index (χ1v) is 10.3. The monoisotopic (exact) mass is 411 g/mol. The van der Waals surface area contributed by atoms with Crippen molar-refractivity contribution in [3.8, 4) is 5.75 Å². The molecule has 2 aromatic carbocycles. The number of para-hydroxylation sites is 1. The Labute approximate surface area is 170 Å². The number of nitrogens with one attached hydrogen (secondary N) is 1. The highest BCUT2D eigenvalue weighted by Gasteiger charge is 2.27. The van der Waals surface area contributed by atoms with E-state index in [-0.39, 0.29) is 18.0 Å². The van der Waals surface area contributed by atoms with Crippen LogP contribution in [0.3, 0.4) is 0 Å². The van der Waals surface area contributed by atoms with Gasteiger partial charge in [-0.2, -0.15) is 0 Å². The molecule has 3 rings (SSSR count). The van der Waals surface area contributed by atoms with Gasteiger partial charge >= 0.3 is 0 Å². The van der Waals surface area contributed by atoms with Crippen LogP contribution in [0.2, 0.25) is 0 Å². The molecule has 3 aromatic rings. The Kier molecular flexibility index (Phi) is 6.46. The predicted octanol–water partition coefficient (Wildman–Crippen LogP) is 2.60. The zero-order valence-electron chi connectivity index (χ0n) is 15.9. The molecule has 0 atom stereocenters. The second-order valence-electron chi connectivity index (χ2n) is 6.12. The van der Waals surface area contributed by atoms with Crippen molar-refractivity contribution in [1.82, 2.24) is 10.3 Å². The number of methoxy groups -OCH3 is 1. The number of nitrogens with zero attached hydrogens (tertiary/aromatic N) is 2. The van der Waals surface area contributed by atoms with Gasteiger partial charge in [0, 0.05) is 6.20 Å². The van der Waals surface area contributed by atoms with Crippen molar-refractivity contribution in [3.63, 3.8) is 0 Å². The summed E-state index contributed by atoms with van der Waals surface area (Å²) in [6.45, 7) is -0.143. The molecule has 8 heteroatoms. The predicted molar refractivity (Wildman–Crippen MR) is 110 cm³/mol. The number of hydrogen-bond acceptors (Lipinski definition) is 5. The number of ether oxygens (including phenoxy) is 1. The van der Waals surface area contributed by atoms with Crippen LogP contribution in [-0.2, 0) is 21.4 Å². The number of carbonyl (C=O) groups is 1. The van der Waals surface area contributed by atoms with E-state index in [9.17, 15) is 13.2 Å². The largest absolute Gasteiger partial charge is 0.497 e. The first kappa shape index (κ1) is 20.3. The number of sulfonamides is 1. The molecule has 150 valence electrons. The van der Waals surface area contributed by atoms with Gasteiger partial charge in [0.05, 0.1) is 29.9 Å². The fourth-order valence-electron chi connectivity index (χ4n) is 2.66. The molecular formula is C21H21N3O4S. The number of carbonyl (C=O) groups excluding carboxylic acids is 1. The molecule has 0 bridgehead atoms. The Morgan fingerprint density at radius 1 is 1.00 bits per heavy atom. The van der Waals surface area contributed by atoms with E-state index >= 15 is 0 Å². The van der Waals surface area contributed by atoms with Crippen LogP contribution in [0.5, 0.6) is 5.75 Å². The lowest BCUT2D eigenvalue weighted by Gasteiger charge is -2.24. The molecule has 1 heterocycles. The van der Waals surface area contributed by atoms with Crippen LogP contribution < -0.4 is 14.4 Å². The summed E-state index contributed by atoms with van der Waals surface area (Å²) in [7, 11) is -2.45. The van der Waals surface area contributed by atoms with Crippen LogP contribution in [0.4, 0.5) is 5.69 Å². The number of aromatic nitrogens is 1. The molecule has 0 saturated carbocycles. The Hall–Kier alpha value is -3.39. The quantitative estimate of drug-likeness (QED) is 0.616. The Bertz CT molecular complexity index is 1040. The molecule has 7 nitrogen and oxygen atoms in total. The Morgan fingerprint density at radius 3 is 2.31 bits per heavy atom. The van der Waals surface area contributed by atoms with E-state index in [2.05, 4.69) is 10.3 Å². The van der Waals surface area contributed by atoms with E-state index in [1.54, 1.807) is 60.8 Å². The summed E-state index contributed by atoms with van der Waals surface area (Å²) in [6, 6.07) is 19.9. The van der Waals surface area contributed by atoms with Crippen LogP contribution >= 0.6 is 0 Å². The fraction of sp³-hybridized carbons (Fsp3) is 0.143. The smallest absolute Gasteiger partial charge is 0.264 e. The molecule has 0 unspecified atom stereocenters. The van der Waals surface area contributed by atoms with E-state index < -0.39 is 15.9 Å². The molecule has 29 heavy (non-hydrogen) atoms. The number of pyridine rings is 1. The van der Waals surface area contributed by atoms with Crippen LogP contribution in [0, 0.1) is 0 Å². The van der Waals surface area contributed by atoms with Crippen molar-refractivity contribution in [1.29, 1.82) is 0 Å². The second-order valence-corrected chi connectivity index (χ2v) is 7.98. The van der Waals surface area contributed by atoms with Gasteiger partial charge in [0.25, 0.3) is 10.0 Å². The third-order valence-electron chi connectivity index (χ3n) is 4.17. The van der Waals surface area contributed by atoms with E-state index in [0.717, 1.165) is 4.31 Å². The van der Waals surface area contributed by atoms with E-state index in [1.165, 1.54) is 19.2 Å². The highest BCUT2D eigenvalue weighted by molar-refractivity contribution is 7.92. The Balaban J connectivity index is 1.83. The maximum Gasteiger partial charge on any atom is 0.264 e. The second kappa shape index (κ2) is 9.20. The average Bonchev–Trinajstić information content (AvgIpc) is 2.77. The lowest BCUT2D eigenvalue weighted by Crippen LogP contribution is -2.40. The fourth-order valence-corrected chi connectivity index (χ4v) is 4.08. The molecule has 0 saturated heterocycles. The number of rotatable bonds is 8. The van der Waals surface area contributed by atoms with Crippen molar-refractivity contribution in [2.45, 2.75) is 11.4 Å². The summed E-state index contributed by atoms with van der Waals surface area (Å²) in [6.07, 6.45) is 1.63. The maximum atomic E-state index is 13.2. The first-order chi connectivity index (χ1) is 14.0. The third kappa shape index (κ3) is 5.11. The minimum Gasteiger partial charge on any atom is -0.497 e. The maximum absolute atomic E-state index is 13.2. The summed E-state index contributed by atoms with van der Waals surface area (Å²) in [4.78, 5) is 16.7. The van der Waals surface area contributed by atoms with Gasteiger partial charge in [-0.15, -0.1) is 0 Å². The lowest BCUT2D eigenvalue weighted by molar-refractivity contribution is -0.119. The van der Waals surface area contributed by atoms with Gasteiger partial charge < -0.3 is 10.1 Å². The van der Waals surface area contributed by atoms with E-state index in [4.69, 9.17) is 4.74 Å². The number of hydrogen-bond donors (Lipinski definition) is 1. The van der Waals surface area contributed by atoms with Gasteiger partial charge in [0.15, 0.2) is 0 Å². The summed E-state index contributed by atoms with van der Waals surface area (Å²) in [5.74, 6) is 0.111. The highest BCUT2D eigenvalue weighted by Crippen LogP contribution is 2.24. The number of benzene rings is 2. The number of amides is 1. The van der Waals surface area contributed by atoms with Crippen LogP contribution in [0.25, 0.3) is 0 Å². The van der Waals surface area contributed by atoms with Crippen molar-refractivity contribution in [3.05, 3.63) is 84.7 Å². The van der Waals surface area contributed by atoms with E-state index in [0.29, 0.717) is 17.1 Å². The van der Waals surface area contributed by atoms with Gasteiger partial charge in [-0.1, -0.05) is 24.3 Å². The molecule has 1 aromatic heterocycles. The molecule has 0 aliphatic carbocycles. The normalized spacial score (nSPS) is 10.9. The molecule has 1 amide bonds. The minimum absolute atomic E-state index is 0.0691. The van der Waals surface area contributed by atoms with Crippen molar-refractivity contribution in [2.75, 3.05) is 18.0 Å². The highest BCUT2D eigenvalue weighted by atomic mass is 32.2. The van der Waals surface area contributed by atoms with Crippen LogP contribution in [0.15, 0.2) is 83.9 Å². The standard InChI is InChI=1S/C21H21N3O4S/c1-28-19-10-12-20(13-11-19)29(26,27)24(18-8-3-2-4-9-18)16-21(25)23-15-17-7-5-6-14-22-17/h2-14H,15-16H2,1H3,(H,23,25). The van der Waals surface area contributed by atoms with Gasteiger partial charge in [0.1, 0.15) is 12.3 Å². The number of anilines is 1. The molecule has 0 radical (unpaired) electrons. The lowest BCUT2D eigenvalue weighted by atomic mass is 10.3. The summed E-state index contributed by atoms with van der Waals surface area (Å²) >= 11 is 0. The van der Waals surface area contributed by atoms with Crippen LogP contribution in [0.1, 0.15) is 5.69 Å². The van der Waals surface area contributed by atoms with Gasteiger partial charge in [-0.05, 0) is 48.5 Å². The van der Waals surface area contributed by atoms with Crippen molar-refractivity contribution < 1.29 is 17.9 Å². The zero-order valence-corrected chi connectivity index (χ0v) is 16.7. The molecule has 0 aliphatic rings. The zero-order chi connectivity index (χ0) is 20.7.